The van der Waals surface area contributed by atoms with E-state index in [9.17, 15) is 19.0 Å². The number of carbonyl (C=O) groups is 2. The van der Waals surface area contributed by atoms with Crippen molar-refractivity contribution >= 4 is 19.8 Å². The lowest BCUT2D eigenvalue weighted by atomic mass is 10.0. The third kappa shape index (κ3) is 26.4. The van der Waals surface area contributed by atoms with Gasteiger partial charge in [-0.05, 0) is 82.1 Å². The maximum Gasteiger partial charge on any atom is 0.472 e. The highest BCUT2D eigenvalue weighted by atomic mass is 31.2. The number of nitrogens with two attached hydrogens (primary N) is 1. The molecule has 2 aromatic heterocycles. The van der Waals surface area contributed by atoms with Gasteiger partial charge in [-0.1, -0.05) is 129 Å². The molecule has 0 amide bonds. The van der Waals surface area contributed by atoms with Gasteiger partial charge in [-0.2, -0.15) is 0 Å². The van der Waals surface area contributed by atoms with Gasteiger partial charge in [0.05, 0.1) is 13.2 Å². The van der Waals surface area contributed by atoms with Crippen LogP contribution in [0.3, 0.4) is 0 Å². The smallest absolute Gasteiger partial charge is 0.466 e. The number of aryl methyl sites for hydroxylation is 5. The van der Waals surface area contributed by atoms with E-state index in [-0.39, 0.29) is 32.6 Å². The van der Waals surface area contributed by atoms with E-state index in [1.165, 1.54) is 118 Å². The first-order chi connectivity index (χ1) is 30.0. The number of phosphoric acid groups is 1. The molecular weight excluding hydrogens is 806 g/mol. The van der Waals surface area contributed by atoms with Gasteiger partial charge in [0.25, 0.3) is 0 Å². The predicted octanol–water partition coefficient (Wildman–Crippen LogP) is 13.4. The number of ether oxygens (including phenoxy) is 2. The van der Waals surface area contributed by atoms with Crippen molar-refractivity contribution in [1.82, 2.24) is 0 Å². The lowest BCUT2D eigenvalue weighted by Crippen LogP contribution is -2.29. The van der Waals surface area contributed by atoms with Crippen molar-refractivity contribution in [1.29, 1.82) is 0 Å². The fourth-order valence-corrected chi connectivity index (χ4v) is 8.60. The summed E-state index contributed by atoms with van der Waals surface area (Å²) in [6, 6.07) is 2.22. The fourth-order valence-electron chi connectivity index (χ4n) is 7.83. The average Bonchev–Trinajstić information content (AvgIpc) is 3.74. The van der Waals surface area contributed by atoms with E-state index >= 15 is 0 Å². The third-order valence-electron chi connectivity index (χ3n) is 11.8. The Labute approximate surface area is 376 Å². The Hall–Kier alpha value is -2.43. The molecule has 1 unspecified atom stereocenters. The molecule has 0 aliphatic carbocycles. The number of esters is 2. The van der Waals surface area contributed by atoms with E-state index in [1.54, 1.807) is 0 Å². The monoisotopic (exact) mass is 894 g/mol. The molecule has 11 nitrogen and oxygen atoms in total. The van der Waals surface area contributed by atoms with E-state index in [1.807, 2.05) is 0 Å². The Morgan fingerprint density at radius 1 is 0.597 bits per heavy atom. The Morgan fingerprint density at radius 2 is 1.05 bits per heavy atom. The quantitative estimate of drug-likeness (QED) is 0.0371. The molecule has 0 aliphatic rings. The molecule has 2 heterocycles. The second kappa shape index (κ2) is 34.9. The number of rotatable bonds is 41. The van der Waals surface area contributed by atoms with Gasteiger partial charge in [-0.25, -0.2) is 4.57 Å². The standard InChI is InChI=1S/C50H88NO10P/c1-6-8-24-30-44-38-41(3)46(59-44)31-26-20-16-12-10-11-13-18-22-28-34-49(52)56-39-45(40-58-62(54,55)57-37-36-51)60-50(53)35-29-23-19-15-14-17-21-27-33-48-43(5)42(4)47(61-48)32-25-9-7-2/h38,45H,6-37,39-40,51H2,1-5H3,(H,54,55)/t45-/m1/s1. The predicted molar refractivity (Wildman–Crippen MR) is 249 cm³/mol. The summed E-state index contributed by atoms with van der Waals surface area (Å²) >= 11 is 0. The molecule has 358 valence electrons. The number of furan rings is 2. The third-order valence-corrected chi connectivity index (χ3v) is 12.8. The normalized spacial score (nSPS) is 13.1. The van der Waals surface area contributed by atoms with Crippen molar-refractivity contribution in [3.05, 3.63) is 45.8 Å². The van der Waals surface area contributed by atoms with Gasteiger partial charge in [0, 0.05) is 45.1 Å². The molecule has 0 aliphatic heterocycles. The molecule has 2 aromatic rings. The highest BCUT2D eigenvalue weighted by Gasteiger charge is 2.26. The largest absolute Gasteiger partial charge is 0.472 e. The highest BCUT2D eigenvalue weighted by molar-refractivity contribution is 7.47. The van der Waals surface area contributed by atoms with Gasteiger partial charge in [-0.15, -0.1) is 0 Å². The van der Waals surface area contributed by atoms with Gasteiger partial charge in [-0.3, -0.25) is 18.6 Å². The molecule has 12 heteroatoms. The summed E-state index contributed by atoms with van der Waals surface area (Å²) in [7, 11) is -4.40. The molecule has 62 heavy (non-hydrogen) atoms. The van der Waals surface area contributed by atoms with Crippen LogP contribution in [0, 0.1) is 20.8 Å². The van der Waals surface area contributed by atoms with Crippen LogP contribution in [0.1, 0.15) is 221 Å². The summed E-state index contributed by atoms with van der Waals surface area (Å²) in [4.78, 5) is 35.2. The minimum absolute atomic E-state index is 0.0443. The fraction of sp³-hybridized carbons (Fsp3) is 0.800. The minimum Gasteiger partial charge on any atom is -0.466 e. The molecular formula is C50H88NO10P. The zero-order chi connectivity index (χ0) is 45.3. The Morgan fingerprint density at radius 3 is 1.56 bits per heavy atom. The number of phosphoric ester groups is 1. The lowest BCUT2D eigenvalue weighted by molar-refractivity contribution is -0.161. The van der Waals surface area contributed by atoms with Gasteiger partial charge < -0.3 is 28.9 Å². The first kappa shape index (κ1) is 55.7. The van der Waals surface area contributed by atoms with Gasteiger partial charge >= 0.3 is 19.8 Å². The van der Waals surface area contributed by atoms with Crippen molar-refractivity contribution in [3.63, 3.8) is 0 Å². The summed E-state index contributed by atoms with van der Waals surface area (Å²) < 4.78 is 45.3. The molecule has 0 saturated heterocycles. The molecule has 2 atom stereocenters. The maximum absolute atomic E-state index is 12.7. The Balaban J connectivity index is 1.55. The van der Waals surface area contributed by atoms with Crippen LogP contribution in [-0.4, -0.2) is 49.3 Å². The van der Waals surface area contributed by atoms with Crippen molar-refractivity contribution in [3.8, 4) is 0 Å². The summed E-state index contributed by atoms with van der Waals surface area (Å²) in [5.74, 6) is 3.79. The van der Waals surface area contributed by atoms with Crippen LogP contribution in [-0.2, 0) is 58.4 Å². The summed E-state index contributed by atoms with van der Waals surface area (Å²) in [5.41, 5.74) is 9.32. The molecule has 0 radical (unpaired) electrons. The second-order valence-corrected chi connectivity index (χ2v) is 18.9. The van der Waals surface area contributed by atoms with Crippen LogP contribution in [0.25, 0.3) is 0 Å². The van der Waals surface area contributed by atoms with Gasteiger partial charge in [0.2, 0.25) is 0 Å². The van der Waals surface area contributed by atoms with Crippen LogP contribution in [0.5, 0.6) is 0 Å². The SMILES string of the molecule is CCCCCc1cc(C)c(CCCCCCCCCCCCC(=O)OC[C@H](COP(=O)(O)OCCN)OC(=O)CCCCCCCCCCc2oc(CCCCC)c(C)c2C)o1. The molecule has 0 fully saturated rings. The Kier molecular flexibility index (Phi) is 31.4. The van der Waals surface area contributed by atoms with Crippen LogP contribution in [0.2, 0.25) is 0 Å². The van der Waals surface area contributed by atoms with Crippen molar-refractivity contribution in [2.45, 2.75) is 233 Å². The highest BCUT2D eigenvalue weighted by Crippen LogP contribution is 2.43. The van der Waals surface area contributed by atoms with Crippen molar-refractivity contribution < 1.29 is 46.4 Å². The molecule has 0 saturated carbocycles. The van der Waals surface area contributed by atoms with Gasteiger partial charge in [0.15, 0.2) is 6.10 Å². The zero-order valence-electron chi connectivity index (χ0n) is 39.8. The first-order valence-electron chi connectivity index (χ1n) is 24.8. The number of hydrogen-bond acceptors (Lipinski definition) is 10. The van der Waals surface area contributed by atoms with Crippen LogP contribution < -0.4 is 5.73 Å². The lowest BCUT2D eigenvalue weighted by Gasteiger charge is -2.19. The van der Waals surface area contributed by atoms with Crippen molar-refractivity contribution in [2.24, 2.45) is 5.73 Å². The van der Waals surface area contributed by atoms with E-state index in [4.69, 9.17) is 33.1 Å². The molecule has 3 N–H and O–H groups in total. The minimum atomic E-state index is -4.40. The van der Waals surface area contributed by atoms with Crippen LogP contribution in [0.4, 0.5) is 0 Å². The van der Waals surface area contributed by atoms with Crippen LogP contribution in [0.15, 0.2) is 14.9 Å². The van der Waals surface area contributed by atoms with E-state index in [2.05, 4.69) is 40.7 Å². The van der Waals surface area contributed by atoms with E-state index in [0.29, 0.717) is 6.42 Å². The van der Waals surface area contributed by atoms with E-state index in [0.717, 1.165) is 95.0 Å². The topological polar surface area (TPSA) is 161 Å². The second-order valence-electron chi connectivity index (χ2n) is 17.5. The van der Waals surface area contributed by atoms with Crippen LogP contribution >= 0.6 is 7.82 Å². The summed E-state index contributed by atoms with van der Waals surface area (Å²) in [6.07, 6.45) is 30.5. The number of unbranched alkanes of at least 4 members (excludes halogenated alkanes) is 20. The first-order valence-corrected chi connectivity index (χ1v) is 26.3. The summed E-state index contributed by atoms with van der Waals surface area (Å²) in [6.45, 7) is 10.2. The Bertz CT molecular complexity index is 1500. The number of hydrogen-bond donors (Lipinski definition) is 2. The van der Waals surface area contributed by atoms with Crippen molar-refractivity contribution in [2.75, 3.05) is 26.4 Å². The molecule has 0 spiro atoms. The molecule has 0 bridgehead atoms. The van der Waals surface area contributed by atoms with Gasteiger partial charge in [0.1, 0.15) is 29.6 Å². The zero-order valence-corrected chi connectivity index (χ0v) is 40.7. The summed E-state index contributed by atoms with van der Waals surface area (Å²) in [5, 5.41) is 0. The number of carbonyl (C=O) groups excluding carboxylic acids is 2. The molecule has 2 rings (SSSR count). The molecule has 0 aromatic carbocycles. The average molecular weight is 894 g/mol. The maximum atomic E-state index is 12.7. The van der Waals surface area contributed by atoms with E-state index < -0.39 is 32.5 Å².